The van der Waals surface area contributed by atoms with Crippen molar-refractivity contribution in [3.63, 3.8) is 0 Å². The molecule has 0 aliphatic carbocycles. The second kappa shape index (κ2) is 13.1. The lowest BCUT2D eigenvalue weighted by Gasteiger charge is -2.35. The van der Waals surface area contributed by atoms with Crippen LogP contribution in [0.4, 0.5) is 0 Å². The van der Waals surface area contributed by atoms with Crippen molar-refractivity contribution in [1.82, 2.24) is 23.2 Å². The Bertz CT molecular complexity index is 1920. The van der Waals surface area contributed by atoms with Crippen molar-refractivity contribution in [2.45, 2.75) is 24.3 Å². The second-order valence-corrected chi connectivity index (χ2v) is 13.7. The highest BCUT2D eigenvalue weighted by Gasteiger charge is 2.37. The summed E-state index contributed by atoms with van der Waals surface area (Å²) in [5, 5.41) is 9.73. The zero-order valence-electron chi connectivity index (χ0n) is 26.1. The molecule has 2 fully saturated rings. The van der Waals surface area contributed by atoms with Gasteiger partial charge in [-0.15, -0.1) is 0 Å². The third kappa shape index (κ3) is 5.93. The summed E-state index contributed by atoms with van der Waals surface area (Å²) in [4.78, 5) is 35.5. The average molecular weight is 643 g/mol. The molecule has 2 aliphatic rings. The number of piperazine rings is 1. The number of ether oxygens (including phenoxy) is 1. The highest BCUT2D eigenvalue weighted by Crippen LogP contribution is 2.30. The van der Waals surface area contributed by atoms with E-state index < -0.39 is 21.8 Å². The molecule has 46 heavy (non-hydrogen) atoms. The van der Waals surface area contributed by atoms with Crippen molar-refractivity contribution in [3.05, 3.63) is 94.4 Å². The SMILES string of the molecule is CCN1CCN(CC2CCN(C(=O)C(c3ccccc3)n3c(=O)n(S(=O)(=O)c4ccc(OC)cc4)c4ccc(C#N)cc43)C2)CC1. The lowest BCUT2D eigenvalue weighted by Crippen LogP contribution is -2.48. The number of fused-ring (bicyclic) bond motifs is 1. The number of aromatic nitrogens is 2. The van der Waals surface area contributed by atoms with Crippen LogP contribution in [0.2, 0.25) is 0 Å². The molecule has 1 aromatic heterocycles. The predicted octanol–water partition coefficient (Wildman–Crippen LogP) is 3.00. The summed E-state index contributed by atoms with van der Waals surface area (Å²) < 4.78 is 35.2. The van der Waals surface area contributed by atoms with E-state index in [1.165, 1.54) is 54.1 Å². The molecule has 1 amide bonds. The molecule has 2 atom stereocenters. The van der Waals surface area contributed by atoms with Gasteiger partial charge in [-0.1, -0.05) is 37.3 Å². The third-order valence-corrected chi connectivity index (χ3v) is 10.9. The predicted molar refractivity (Wildman–Crippen MR) is 174 cm³/mol. The van der Waals surface area contributed by atoms with Gasteiger partial charge in [-0.05, 0) is 66.9 Å². The maximum Gasteiger partial charge on any atom is 0.344 e. The first kappa shape index (κ1) is 31.5. The lowest BCUT2D eigenvalue weighted by atomic mass is 10.0. The van der Waals surface area contributed by atoms with E-state index in [1.807, 2.05) is 6.07 Å². The van der Waals surface area contributed by atoms with Crippen molar-refractivity contribution in [2.75, 3.05) is 59.5 Å². The number of hydrogen-bond acceptors (Lipinski definition) is 8. The van der Waals surface area contributed by atoms with E-state index in [1.54, 1.807) is 29.2 Å². The number of likely N-dealkylation sites (N-methyl/N-ethyl adjacent to an activating group) is 1. The van der Waals surface area contributed by atoms with Crippen LogP contribution < -0.4 is 10.4 Å². The number of rotatable bonds is 9. The molecule has 11 nitrogen and oxygen atoms in total. The molecule has 3 aromatic carbocycles. The van der Waals surface area contributed by atoms with Crippen LogP contribution in [-0.2, 0) is 14.8 Å². The maximum atomic E-state index is 14.5. The first-order valence-electron chi connectivity index (χ1n) is 15.6. The van der Waals surface area contributed by atoms with Crippen molar-refractivity contribution in [2.24, 2.45) is 5.92 Å². The van der Waals surface area contributed by atoms with E-state index in [0.29, 0.717) is 30.3 Å². The Morgan fingerprint density at radius 3 is 2.30 bits per heavy atom. The summed E-state index contributed by atoms with van der Waals surface area (Å²) in [6.45, 7) is 9.32. The van der Waals surface area contributed by atoms with E-state index in [2.05, 4.69) is 22.8 Å². The maximum absolute atomic E-state index is 14.5. The van der Waals surface area contributed by atoms with Crippen LogP contribution in [0, 0.1) is 17.2 Å². The molecular weight excluding hydrogens is 604 g/mol. The summed E-state index contributed by atoms with van der Waals surface area (Å²) in [6, 6.07) is 20.0. The summed E-state index contributed by atoms with van der Waals surface area (Å²) in [7, 11) is -2.92. The van der Waals surface area contributed by atoms with Gasteiger partial charge in [0.25, 0.3) is 10.0 Å². The molecule has 0 spiro atoms. The fourth-order valence-electron chi connectivity index (χ4n) is 6.64. The molecule has 3 heterocycles. The minimum atomic E-state index is -4.40. The average Bonchev–Trinajstić information content (AvgIpc) is 3.67. The van der Waals surface area contributed by atoms with Gasteiger partial charge < -0.3 is 19.4 Å². The van der Waals surface area contributed by atoms with Gasteiger partial charge >= 0.3 is 5.69 Å². The molecule has 0 bridgehead atoms. The Hall–Kier alpha value is -4.44. The number of nitrogens with zero attached hydrogens (tertiary/aromatic N) is 6. The zero-order valence-corrected chi connectivity index (χ0v) is 26.9. The van der Waals surface area contributed by atoms with Crippen LogP contribution in [0.3, 0.4) is 0 Å². The van der Waals surface area contributed by atoms with E-state index >= 15 is 0 Å². The Kier molecular flexibility index (Phi) is 8.99. The molecule has 6 rings (SSSR count). The van der Waals surface area contributed by atoms with Gasteiger partial charge in [-0.2, -0.15) is 9.23 Å². The smallest absolute Gasteiger partial charge is 0.344 e. The standard InChI is InChI=1S/C34H38N6O5S/c1-3-36-17-19-37(20-18-36)23-26-15-16-38(24-26)33(41)32(27-7-5-4-6-8-27)39-31-21-25(22-35)9-14-30(31)40(34(39)42)46(43,44)29-12-10-28(45-2)11-13-29/h4-14,21,26,32H,3,15-20,23-24H2,1-2H3. The largest absolute Gasteiger partial charge is 0.497 e. The Balaban J connectivity index is 1.41. The zero-order chi connectivity index (χ0) is 32.4. The fourth-order valence-corrected chi connectivity index (χ4v) is 8.04. The molecule has 2 unspecified atom stereocenters. The summed E-state index contributed by atoms with van der Waals surface area (Å²) >= 11 is 0. The van der Waals surface area contributed by atoms with Crippen LogP contribution in [-0.4, -0.2) is 97.0 Å². The number of amides is 1. The molecule has 0 N–H and O–H groups in total. The second-order valence-electron chi connectivity index (χ2n) is 11.9. The topological polar surface area (TPSA) is 121 Å². The molecule has 2 saturated heterocycles. The molecule has 240 valence electrons. The monoisotopic (exact) mass is 642 g/mol. The number of benzene rings is 3. The lowest BCUT2D eigenvalue weighted by molar-refractivity contribution is -0.132. The van der Waals surface area contributed by atoms with Crippen LogP contribution in [0.15, 0.2) is 82.5 Å². The molecule has 2 aliphatic heterocycles. The van der Waals surface area contributed by atoms with Crippen molar-refractivity contribution in [3.8, 4) is 11.8 Å². The van der Waals surface area contributed by atoms with E-state index in [9.17, 15) is 23.3 Å². The molecular formula is C34H38N6O5S. The van der Waals surface area contributed by atoms with Gasteiger partial charge in [-0.3, -0.25) is 9.36 Å². The highest BCUT2D eigenvalue weighted by molar-refractivity contribution is 7.90. The highest BCUT2D eigenvalue weighted by atomic mass is 32.2. The van der Waals surface area contributed by atoms with Gasteiger partial charge in [-0.25, -0.2) is 13.2 Å². The molecule has 12 heteroatoms. The summed E-state index contributed by atoms with van der Waals surface area (Å²) in [6.07, 6.45) is 0.850. The van der Waals surface area contributed by atoms with Gasteiger partial charge in [0.2, 0.25) is 5.91 Å². The van der Waals surface area contributed by atoms with Crippen LogP contribution >= 0.6 is 0 Å². The van der Waals surface area contributed by atoms with Gasteiger partial charge in [0.1, 0.15) is 11.8 Å². The fraction of sp³-hybridized carbons (Fsp3) is 0.382. The first-order chi connectivity index (χ1) is 22.2. The van der Waals surface area contributed by atoms with Gasteiger partial charge in [0, 0.05) is 45.8 Å². The Labute approximate surface area is 268 Å². The quantitative estimate of drug-likeness (QED) is 0.273. The number of carbonyl (C=O) groups is 1. The summed E-state index contributed by atoms with van der Waals surface area (Å²) in [5.41, 5.74) is 0.181. The number of imidazole rings is 1. The number of likely N-dealkylation sites (tertiary alicyclic amines) is 1. The van der Waals surface area contributed by atoms with E-state index in [-0.39, 0.29) is 27.4 Å². The van der Waals surface area contributed by atoms with Crippen molar-refractivity contribution < 1.29 is 17.9 Å². The van der Waals surface area contributed by atoms with Crippen LogP contribution in [0.1, 0.15) is 30.5 Å². The van der Waals surface area contributed by atoms with Gasteiger partial charge in [0.15, 0.2) is 0 Å². The minimum Gasteiger partial charge on any atom is -0.497 e. The Morgan fingerprint density at radius 2 is 1.65 bits per heavy atom. The minimum absolute atomic E-state index is 0.0825. The Morgan fingerprint density at radius 1 is 0.957 bits per heavy atom. The molecule has 0 saturated carbocycles. The van der Waals surface area contributed by atoms with Crippen LogP contribution in [0.25, 0.3) is 11.0 Å². The molecule has 4 aromatic rings. The molecule has 0 radical (unpaired) electrons. The number of hydrogen-bond donors (Lipinski definition) is 0. The normalized spacial score (nSPS) is 18.5. The third-order valence-electron chi connectivity index (χ3n) is 9.19. The summed E-state index contributed by atoms with van der Waals surface area (Å²) in [5.74, 6) is 0.483. The van der Waals surface area contributed by atoms with Crippen LogP contribution in [0.5, 0.6) is 5.75 Å². The number of methoxy groups -OCH3 is 1. The first-order valence-corrected chi connectivity index (χ1v) is 17.0. The number of nitriles is 1. The number of carbonyl (C=O) groups excluding carboxylic acids is 1. The van der Waals surface area contributed by atoms with Gasteiger partial charge in [0.05, 0.1) is 34.7 Å². The van der Waals surface area contributed by atoms with Crippen molar-refractivity contribution in [1.29, 1.82) is 5.26 Å². The van der Waals surface area contributed by atoms with E-state index in [4.69, 9.17) is 4.74 Å². The van der Waals surface area contributed by atoms with E-state index in [0.717, 1.165) is 49.7 Å². The van der Waals surface area contributed by atoms with Crippen molar-refractivity contribution >= 4 is 27.0 Å².